The Morgan fingerprint density at radius 3 is 2.04 bits per heavy atom. The van der Waals surface area contributed by atoms with Gasteiger partial charge < -0.3 is 9.84 Å². The van der Waals surface area contributed by atoms with Crippen LogP contribution in [0.4, 0.5) is 0 Å². The van der Waals surface area contributed by atoms with Crippen LogP contribution in [-0.2, 0) is 0 Å². The number of aliphatic hydroxyl groups is 1. The molecule has 2 heteroatoms. The van der Waals surface area contributed by atoms with E-state index in [0.717, 1.165) is 37.9 Å². The van der Waals surface area contributed by atoms with E-state index in [9.17, 15) is 0 Å². The SMILES string of the molecule is CCCCCCC(CCCCCO)Oc1ccc2cc3ccccc3cc2c1. The summed E-state index contributed by atoms with van der Waals surface area (Å²) in [6.45, 7) is 2.54. The quantitative estimate of drug-likeness (QED) is 0.265. The fourth-order valence-corrected chi connectivity index (χ4v) is 3.91. The van der Waals surface area contributed by atoms with Crippen LogP contribution in [0.25, 0.3) is 21.5 Å². The smallest absolute Gasteiger partial charge is 0.120 e. The van der Waals surface area contributed by atoms with Crippen molar-refractivity contribution >= 4 is 21.5 Å². The highest BCUT2D eigenvalue weighted by Crippen LogP contribution is 2.28. The summed E-state index contributed by atoms with van der Waals surface area (Å²) in [6, 6.07) is 19.5. The molecule has 0 aliphatic carbocycles. The van der Waals surface area contributed by atoms with E-state index in [1.807, 2.05) is 0 Å². The zero-order chi connectivity index (χ0) is 19.6. The fraction of sp³-hybridized carbons (Fsp3) is 0.462. The maximum Gasteiger partial charge on any atom is 0.120 e. The molecule has 3 aromatic rings. The third-order valence-electron chi connectivity index (χ3n) is 5.54. The Hall–Kier alpha value is -2.06. The third-order valence-corrected chi connectivity index (χ3v) is 5.54. The first-order valence-corrected chi connectivity index (χ1v) is 11.0. The topological polar surface area (TPSA) is 29.5 Å². The van der Waals surface area contributed by atoms with Gasteiger partial charge in [-0.05, 0) is 77.9 Å². The molecule has 1 unspecified atom stereocenters. The largest absolute Gasteiger partial charge is 0.490 e. The van der Waals surface area contributed by atoms with Crippen molar-refractivity contribution in [2.45, 2.75) is 70.8 Å². The van der Waals surface area contributed by atoms with Crippen LogP contribution < -0.4 is 4.74 Å². The molecular weight excluding hydrogens is 344 g/mol. The van der Waals surface area contributed by atoms with Crippen molar-refractivity contribution in [1.82, 2.24) is 0 Å². The minimum Gasteiger partial charge on any atom is -0.490 e. The van der Waals surface area contributed by atoms with Gasteiger partial charge in [0, 0.05) is 6.61 Å². The summed E-state index contributed by atoms with van der Waals surface area (Å²) in [4.78, 5) is 0. The Kier molecular flexibility index (Phi) is 8.17. The van der Waals surface area contributed by atoms with Crippen molar-refractivity contribution in [1.29, 1.82) is 0 Å². The zero-order valence-electron chi connectivity index (χ0n) is 17.2. The fourth-order valence-electron chi connectivity index (χ4n) is 3.91. The highest BCUT2D eigenvalue weighted by molar-refractivity contribution is 5.98. The van der Waals surface area contributed by atoms with Gasteiger partial charge in [-0.3, -0.25) is 0 Å². The Balaban J connectivity index is 1.70. The van der Waals surface area contributed by atoms with Crippen molar-refractivity contribution in [2.24, 2.45) is 0 Å². The van der Waals surface area contributed by atoms with E-state index >= 15 is 0 Å². The molecule has 0 bridgehead atoms. The molecule has 0 saturated carbocycles. The number of ether oxygens (including phenoxy) is 1. The van der Waals surface area contributed by atoms with E-state index in [0.29, 0.717) is 6.61 Å². The van der Waals surface area contributed by atoms with Crippen molar-refractivity contribution < 1.29 is 9.84 Å². The molecule has 1 atom stereocenters. The summed E-state index contributed by atoms with van der Waals surface area (Å²) in [5, 5.41) is 14.1. The zero-order valence-corrected chi connectivity index (χ0v) is 17.2. The van der Waals surface area contributed by atoms with Crippen LogP contribution in [0.15, 0.2) is 54.6 Å². The average molecular weight is 379 g/mol. The minimum absolute atomic E-state index is 0.272. The number of fused-ring (bicyclic) bond motifs is 2. The van der Waals surface area contributed by atoms with Gasteiger partial charge in [-0.2, -0.15) is 0 Å². The van der Waals surface area contributed by atoms with Crippen molar-refractivity contribution in [3.63, 3.8) is 0 Å². The van der Waals surface area contributed by atoms with Gasteiger partial charge in [0.1, 0.15) is 5.75 Å². The molecule has 0 aliphatic rings. The summed E-state index contributed by atoms with van der Waals surface area (Å²) in [5.41, 5.74) is 0. The van der Waals surface area contributed by atoms with Crippen LogP contribution in [0.3, 0.4) is 0 Å². The Bertz CT molecular complexity index is 843. The number of rotatable bonds is 12. The average Bonchev–Trinajstić information content (AvgIpc) is 2.72. The maximum absolute atomic E-state index is 9.01. The highest BCUT2D eigenvalue weighted by Gasteiger charge is 2.11. The van der Waals surface area contributed by atoms with Gasteiger partial charge in [-0.15, -0.1) is 0 Å². The molecule has 150 valence electrons. The second kappa shape index (κ2) is 11.1. The maximum atomic E-state index is 9.01. The van der Waals surface area contributed by atoms with Gasteiger partial charge in [-0.25, -0.2) is 0 Å². The van der Waals surface area contributed by atoms with Gasteiger partial charge >= 0.3 is 0 Å². The normalized spacial score (nSPS) is 12.5. The van der Waals surface area contributed by atoms with Gasteiger partial charge in [-0.1, -0.05) is 62.9 Å². The molecule has 28 heavy (non-hydrogen) atoms. The molecule has 0 radical (unpaired) electrons. The number of hydrogen-bond acceptors (Lipinski definition) is 2. The first kappa shape index (κ1) is 20.7. The summed E-state index contributed by atoms with van der Waals surface area (Å²) < 4.78 is 6.43. The minimum atomic E-state index is 0.272. The lowest BCUT2D eigenvalue weighted by Gasteiger charge is -2.20. The second-order valence-electron chi connectivity index (χ2n) is 7.87. The first-order valence-electron chi connectivity index (χ1n) is 11.0. The standard InChI is InChI=1S/C26H34O2/c1-2-3-4-6-13-25(14-7-5-10-17-27)28-26-16-15-23-18-21-11-8-9-12-22(21)19-24(23)20-26/h8-9,11-12,15-16,18-20,25,27H,2-7,10,13-14,17H2,1H3. The molecular formula is C26H34O2. The van der Waals surface area contributed by atoms with Crippen LogP contribution in [0.1, 0.15) is 64.7 Å². The Labute approximate surface area is 169 Å². The molecule has 0 spiro atoms. The summed E-state index contributed by atoms with van der Waals surface area (Å²) in [5.74, 6) is 0.977. The van der Waals surface area contributed by atoms with Crippen molar-refractivity contribution in [3.8, 4) is 5.75 Å². The van der Waals surface area contributed by atoms with Gasteiger partial charge in [0.2, 0.25) is 0 Å². The van der Waals surface area contributed by atoms with Crippen LogP contribution in [0, 0.1) is 0 Å². The van der Waals surface area contributed by atoms with Crippen LogP contribution >= 0.6 is 0 Å². The van der Waals surface area contributed by atoms with Gasteiger partial charge in [0.25, 0.3) is 0 Å². The summed E-state index contributed by atoms with van der Waals surface area (Å²) >= 11 is 0. The third kappa shape index (κ3) is 5.97. The summed E-state index contributed by atoms with van der Waals surface area (Å²) in [7, 11) is 0. The van der Waals surface area contributed by atoms with Crippen LogP contribution in [0.5, 0.6) is 5.75 Å². The van der Waals surface area contributed by atoms with E-state index in [-0.39, 0.29) is 6.10 Å². The summed E-state index contributed by atoms with van der Waals surface area (Å²) in [6.07, 6.45) is 10.6. The number of benzene rings is 3. The van der Waals surface area contributed by atoms with Crippen LogP contribution in [0.2, 0.25) is 0 Å². The molecule has 0 fully saturated rings. The molecule has 3 rings (SSSR count). The monoisotopic (exact) mass is 378 g/mol. The van der Waals surface area contributed by atoms with E-state index in [1.54, 1.807) is 0 Å². The number of hydrogen-bond donors (Lipinski definition) is 1. The molecule has 0 heterocycles. The molecule has 0 amide bonds. The first-order chi connectivity index (χ1) is 13.8. The lowest BCUT2D eigenvalue weighted by atomic mass is 10.0. The van der Waals surface area contributed by atoms with Crippen LogP contribution in [-0.4, -0.2) is 17.8 Å². The lowest BCUT2D eigenvalue weighted by molar-refractivity contribution is 0.171. The second-order valence-corrected chi connectivity index (χ2v) is 7.87. The molecule has 1 N–H and O–H groups in total. The molecule has 3 aromatic carbocycles. The molecule has 0 aliphatic heterocycles. The van der Waals surface area contributed by atoms with E-state index < -0.39 is 0 Å². The number of aliphatic hydroxyl groups excluding tert-OH is 1. The predicted octanol–water partition coefficient (Wildman–Crippen LogP) is 7.26. The molecule has 0 saturated heterocycles. The van der Waals surface area contributed by atoms with Gasteiger partial charge in [0.05, 0.1) is 6.10 Å². The molecule has 0 aromatic heterocycles. The number of unbranched alkanes of at least 4 members (excludes halogenated alkanes) is 5. The van der Waals surface area contributed by atoms with Crippen molar-refractivity contribution in [3.05, 3.63) is 54.6 Å². The van der Waals surface area contributed by atoms with Crippen molar-refractivity contribution in [2.75, 3.05) is 6.61 Å². The highest BCUT2D eigenvalue weighted by atomic mass is 16.5. The Morgan fingerprint density at radius 1 is 0.714 bits per heavy atom. The predicted molar refractivity (Wildman–Crippen MR) is 120 cm³/mol. The van der Waals surface area contributed by atoms with Gasteiger partial charge in [0.15, 0.2) is 0 Å². The Morgan fingerprint density at radius 2 is 1.36 bits per heavy atom. The van der Waals surface area contributed by atoms with E-state index in [4.69, 9.17) is 9.84 Å². The van der Waals surface area contributed by atoms with E-state index in [1.165, 1.54) is 47.2 Å². The lowest BCUT2D eigenvalue weighted by Crippen LogP contribution is -2.16. The molecule has 2 nitrogen and oxygen atoms in total. The van der Waals surface area contributed by atoms with E-state index in [2.05, 4.69) is 61.5 Å².